The van der Waals surface area contributed by atoms with Crippen molar-refractivity contribution in [1.82, 2.24) is 9.97 Å². The van der Waals surface area contributed by atoms with Crippen molar-refractivity contribution in [2.24, 2.45) is 0 Å². The number of benzene rings is 1. The third-order valence-corrected chi connectivity index (χ3v) is 7.93. The van der Waals surface area contributed by atoms with Gasteiger partial charge in [-0.15, -0.1) is 22.7 Å². The lowest BCUT2D eigenvalue weighted by atomic mass is 9.97. The minimum absolute atomic E-state index is 0.632. The highest BCUT2D eigenvalue weighted by Crippen LogP contribution is 2.31. The molecule has 1 saturated heterocycles. The van der Waals surface area contributed by atoms with Crippen molar-refractivity contribution in [3.63, 3.8) is 0 Å². The zero-order valence-corrected chi connectivity index (χ0v) is 16.8. The van der Waals surface area contributed by atoms with Gasteiger partial charge in [0.25, 0.3) is 0 Å². The number of fused-ring (bicyclic) bond motifs is 1. The van der Waals surface area contributed by atoms with Gasteiger partial charge < -0.3 is 4.90 Å². The van der Waals surface area contributed by atoms with E-state index in [0.717, 1.165) is 17.1 Å². The number of rotatable bonds is 4. The topological polar surface area (TPSA) is 30.2 Å². The molecule has 3 nitrogen and oxygen atoms in total. The second-order valence-corrected chi connectivity index (χ2v) is 9.58. The largest absolute Gasteiger partial charge is 0.330 e. The van der Waals surface area contributed by atoms with E-state index < -0.39 is 0 Å². The monoisotopic (exact) mass is 398 g/mol. The first kappa shape index (κ1) is 16.6. The summed E-state index contributed by atoms with van der Waals surface area (Å²) in [7, 11) is 0. The summed E-state index contributed by atoms with van der Waals surface area (Å²) < 4.78 is 1.32. The average Bonchev–Trinajstić information content (AvgIpc) is 3.42. The standard InChI is InChI=1S/C20H19N3S3/c1-2-4-18-17(3-1)22-20(26-18)14-5-8-23(9-6-14)11-16-13-25-19(21-16)15-7-10-24-12-15/h1-4,7,10,12-14H,5-6,8-9,11H2/p+1. The molecule has 132 valence electrons. The van der Waals surface area contributed by atoms with Crippen LogP contribution in [0.4, 0.5) is 0 Å². The van der Waals surface area contributed by atoms with Gasteiger partial charge in [-0.2, -0.15) is 11.3 Å². The van der Waals surface area contributed by atoms with Crippen LogP contribution in [0.1, 0.15) is 29.5 Å². The molecule has 4 heterocycles. The maximum Gasteiger partial charge on any atom is 0.124 e. The molecule has 1 aromatic carbocycles. The Balaban J connectivity index is 1.22. The van der Waals surface area contributed by atoms with Crippen molar-refractivity contribution in [3.8, 4) is 10.6 Å². The molecule has 1 aliphatic rings. The third kappa shape index (κ3) is 3.34. The highest BCUT2D eigenvalue weighted by atomic mass is 32.1. The van der Waals surface area contributed by atoms with Crippen molar-refractivity contribution < 1.29 is 4.90 Å². The van der Waals surface area contributed by atoms with Crippen molar-refractivity contribution in [2.75, 3.05) is 13.1 Å². The number of thiazole rings is 2. The van der Waals surface area contributed by atoms with Crippen LogP contribution in [0.3, 0.4) is 0 Å². The first-order chi connectivity index (χ1) is 12.8. The predicted octanol–water partition coefficient (Wildman–Crippen LogP) is 4.44. The third-order valence-electron chi connectivity index (χ3n) is 5.10. The molecule has 0 radical (unpaired) electrons. The first-order valence-electron chi connectivity index (χ1n) is 9.01. The average molecular weight is 399 g/mol. The number of likely N-dealkylation sites (tertiary alicyclic amines) is 1. The van der Waals surface area contributed by atoms with Crippen LogP contribution in [0.15, 0.2) is 46.5 Å². The molecule has 0 saturated carbocycles. The Morgan fingerprint density at radius 1 is 1.04 bits per heavy atom. The number of para-hydroxylation sites is 1. The summed E-state index contributed by atoms with van der Waals surface area (Å²) in [4.78, 5) is 11.4. The molecule has 1 aliphatic heterocycles. The SMILES string of the molecule is c1ccc2sc(C3CC[NH+](Cc4csc(-c5ccsc5)n4)CC3)nc2c1. The van der Waals surface area contributed by atoms with Gasteiger partial charge in [-0.25, -0.2) is 9.97 Å². The van der Waals surface area contributed by atoms with Gasteiger partial charge in [0, 0.05) is 35.1 Å². The van der Waals surface area contributed by atoms with Gasteiger partial charge in [0.1, 0.15) is 17.2 Å². The minimum Gasteiger partial charge on any atom is -0.330 e. The zero-order valence-electron chi connectivity index (χ0n) is 14.4. The fourth-order valence-electron chi connectivity index (χ4n) is 3.68. The molecule has 0 spiro atoms. The summed E-state index contributed by atoms with van der Waals surface area (Å²) in [5.74, 6) is 0.632. The van der Waals surface area contributed by atoms with E-state index in [1.807, 2.05) is 11.3 Å². The molecule has 5 rings (SSSR count). The van der Waals surface area contributed by atoms with Crippen molar-refractivity contribution in [1.29, 1.82) is 0 Å². The molecule has 3 aromatic heterocycles. The van der Waals surface area contributed by atoms with E-state index in [1.165, 1.54) is 46.9 Å². The van der Waals surface area contributed by atoms with E-state index in [-0.39, 0.29) is 0 Å². The van der Waals surface area contributed by atoms with Crippen LogP contribution in [-0.4, -0.2) is 23.1 Å². The summed E-state index contributed by atoms with van der Waals surface area (Å²) in [5, 5.41) is 9.02. The zero-order chi connectivity index (χ0) is 17.3. The molecule has 0 atom stereocenters. The number of aromatic nitrogens is 2. The molecule has 26 heavy (non-hydrogen) atoms. The molecular weight excluding hydrogens is 378 g/mol. The van der Waals surface area contributed by atoms with Crippen molar-refractivity contribution in [3.05, 3.63) is 57.2 Å². The number of hydrogen-bond acceptors (Lipinski definition) is 5. The molecule has 6 heteroatoms. The predicted molar refractivity (Wildman–Crippen MR) is 111 cm³/mol. The van der Waals surface area contributed by atoms with Crippen LogP contribution >= 0.6 is 34.0 Å². The normalized spacial score (nSPS) is 20.6. The Morgan fingerprint density at radius 3 is 2.73 bits per heavy atom. The van der Waals surface area contributed by atoms with E-state index in [0.29, 0.717) is 5.92 Å². The Labute approximate surface area is 165 Å². The summed E-state index contributed by atoms with van der Waals surface area (Å²) in [6.07, 6.45) is 2.47. The highest BCUT2D eigenvalue weighted by molar-refractivity contribution is 7.18. The lowest BCUT2D eigenvalue weighted by Gasteiger charge is -2.27. The second-order valence-electron chi connectivity index (χ2n) is 6.88. The smallest absolute Gasteiger partial charge is 0.124 e. The number of piperidine rings is 1. The number of quaternary nitrogens is 1. The van der Waals surface area contributed by atoms with Gasteiger partial charge >= 0.3 is 0 Å². The number of hydrogen-bond donors (Lipinski definition) is 1. The van der Waals surface area contributed by atoms with E-state index in [1.54, 1.807) is 27.6 Å². The molecule has 0 bridgehead atoms. The van der Waals surface area contributed by atoms with Crippen LogP contribution in [0, 0.1) is 0 Å². The van der Waals surface area contributed by atoms with Gasteiger partial charge in [0.2, 0.25) is 0 Å². The molecule has 0 unspecified atom stereocenters. The summed E-state index contributed by atoms with van der Waals surface area (Å²) in [6, 6.07) is 10.7. The minimum atomic E-state index is 0.632. The van der Waals surface area contributed by atoms with Crippen LogP contribution < -0.4 is 4.90 Å². The van der Waals surface area contributed by atoms with Gasteiger partial charge in [-0.05, 0) is 23.6 Å². The summed E-state index contributed by atoms with van der Waals surface area (Å²) in [6.45, 7) is 3.48. The molecule has 1 fully saturated rings. The number of nitrogens with one attached hydrogen (secondary N) is 1. The molecule has 4 aromatic rings. The van der Waals surface area contributed by atoms with Gasteiger partial charge in [-0.3, -0.25) is 0 Å². The van der Waals surface area contributed by atoms with Crippen LogP contribution in [-0.2, 0) is 6.54 Å². The molecule has 1 N–H and O–H groups in total. The lowest BCUT2D eigenvalue weighted by Crippen LogP contribution is -3.11. The van der Waals surface area contributed by atoms with Crippen molar-refractivity contribution in [2.45, 2.75) is 25.3 Å². The summed E-state index contributed by atoms with van der Waals surface area (Å²) >= 11 is 5.39. The van der Waals surface area contributed by atoms with Crippen molar-refractivity contribution >= 4 is 44.2 Å². The Hall–Kier alpha value is -1.60. The first-order valence-corrected chi connectivity index (χ1v) is 11.6. The van der Waals surface area contributed by atoms with E-state index in [9.17, 15) is 0 Å². The van der Waals surface area contributed by atoms with Crippen LogP contribution in [0.5, 0.6) is 0 Å². The fraction of sp³-hybridized carbons (Fsp3) is 0.300. The lowest BCUT2D eigenvalue weighted by molar-refractivity contribution is -0.919. The maximum atomic E-state index is 4.88. The van der Waals surface area contributed by atoms with E-state index in [4.69, 9.17) is 9.97 Å². The fourth-order valence-corrected chi connectivity index (χ4v) is 6.35. The highest BCUT2D eigenvalue weighted by Gasteiger charge is 2.26. The van der Waals surface area contributed by atoms with Gasteiger partial charge in [0.15, 0.2) is 0 Å². The Bertz CT molecular complexity index is 961. The number of nitrogens with zero attached hydrogens (tertiary/aromatic N) is 2. The molecular formula is C20H20N3S3+. The second kappa shape index (κ2) is 7.19. The van der Waals surface area contributed by atoms with Crippen LogP contribution in [0.25, 0.3) is 20.8 Å². The quantitative estimate of drug-likeness (QED) is 0.551. The van der Waals surface area contributed by atoms with E-state index >= 15 is 0 Å². The van der Waals surface area contributed by atoms with Gasteiger partial charge in [-0.1, -0.05) is 12.1 Å². The molecule has 0 amide bonds. The maximum absolute atomic E-state index is 4.88. The summed E-state index contributed by atoms with van der Waals surface area (Å²) in [5.41, 5.74) is 3.66. The van der Waals surface area contributed by atoms with Crippen LogP contribution in [0.2, 0.25) is 0 Å². The van der Waals surface area contributed by atoms with Gasteiger partial charge in [0.05, 0.1) is 28.3 Å². The Kier molecular flexibility index (Phi) is 4.58. The Morgan fingerprint density at radius 2 is 1.92 bits per heavy atom. The van der Waals surface area contributed by atoms with E-state index in [2.05, 4.69) is 46.5 Å². The number of thiophene rings is 1. The molecule has 0 aliphatic carbocycles.